The van der Waals surface area contributed by atoms with E-state index in [4.69, 9.17) is 17.3 Å². The van der Waals surface area contributed by atoms with Gasteiger partial charge in [0.15, 0.2) is 0 Å². The molecule has 0 radical (unpaired) electrons. The van der Waals surface area contributed by atoms with Gasteiger partial charge in [-0.3, -0.25) is 0 Å². The number of benzene rings is 1. The van der Waals surface area contributed by atoms with E-state index in [0.717, 1.165) is 29.8 Å². The highest BCUT2D eigenvalue weighted by atomic mass is 35.5. The van der Waals surface area contributed by atoms with Crippen LogP contribution >= 0.6 is 11.6 Å². The topological polar surface area (TPSA) is 29.3 Å². The van der Waals surface area contributed by atoms with Gasteiger partial charge in [-0.2, -0.15) is 0 Å². The fraction of sp³-hybridized carbons (Fsp3) is 0.571. The number of nitrogens with zero attached hydrogens (tertiary/aromatic N) is 1. The number of hydrogen-bond donors (Lipinski definition) is 1. The summed E-state index contributed by atoms with van der Waals surface area (Å²) in [6.45, 7) is 4.08. The summed E-state index contributed by atoms with van der Waals surface area (Å²) in [6.07, 6.45) is 2.24. The molecule has 0 amide bonds. The zero-order valence-electron chi connectivity index (χ0n) is 10.6. The molecule has 94 valence electrons. The minimum absolute atomic E-state index is 0.668. The molecule has 0 saturated heterocycles. The maximum atomic E-state index is 6.32. The molecule has 1 aliphatic carbocycles. The van der Waals surface area contributed by atoms with Crippen LogP contribution in [0.2, 0.25) is 5.02 Å². The van der Waals surface area contributed by atoms with E-state index < -0.39 is 0 Å². The lowest BCUT2D eigenvalue weighted by Crippen LogP contribution is -2.22. The maximum Gasteiger partial charge on any atom is 0.0642 e. The molecule has 2 nitrogen and oxygen atoms in total. The van der Waals surface area contributed by atoms with Gasteiger partial charge in [0.2, 0.25) is 0 Å². The minimum Gasteiger partial charge on any atom is -0.373 e. The predicted octanol–water partition coefficient (Wildman–Crippen LogP) is 2.93. The zero-order chi connectivity index (χ0) is 12.4. The van der Waals surface area contributed by atoms with Gasteiger partial charge in [-0.25, -0.2) is 0 Å². The van der Waals surface area contributed by atoms with E-state index in [1.807, 2.05) is 12.1 Å². The largest absolute Gasteiger partial charge is 0.373 e. The third-order valence-electron chi connectivity index (χ3n) is 3.65. The van der Waals surface area contributed by atoms with E-state index in [1.165, 1.54) is 17.7 Å². The van der Waals surface area contributed by atoms with Crippen LogP contribution in [0.15, 0.2) is 18.2 Å². The van der Waals surface area contributed by atoms with Crippen molar-refractivity contribution < 1.29 is 0 Å². The summed E-state index contributed by atoms with van der Waals surface area (Å²) < 4.78 is 0. The van der Waals surface area contributed by atoms with Gasteiger partial charge in [-0.05, 0) is 42.9 Å². The summed E-state index contributed by atoms with van der Waals surface area (Å²) >= 11 is 6.32. The van der Waals surface area contributed by atoms with E-state index >= 15 is 0 Å². The number of rotatable bonds is 5. The first-order valence-electron chi connectivity index (χ1n) is 6.32. The van der Waals surface area contributed by atoms with Gasteiger partial charge >= 0.3 is 0 Å². The Morgan fingerprint density at radius 2 is 2.18 bits per heavy atom. The van der Waals surface area contributed by atoms with Crippen molar-refractivity contribution in [2.75, 3.05) is 25.0 Å². The maximum absolute atomic E-state index is 6.32. The molecule has 0 aliphatic heterocycles. The Bertz CT molecular complexity index is 392. The number of nitrogens with two attached hydrogens (primary N) is 1. The van der Waals surface area contributed by atoms with E-state index in [1.54, 1.807) is 0 Å². The molecule has 3 heteroatoms. The van der Waals surface area contributed by atoms with Crippen LogP contribution in [0.4, 0.5) is 5.69 Å². The lowest BCUT2D eigenvalue weighted by molar-refractivity contribution is 0.722. The number of halogens is 1. The molecule has 0 aromatic heterocycles. The molecule has 2 unspecified atom stereocenters. The van der Waals surface area contributed by atoms with Crippen molar-refractivity contribution >= 4 is 17.3 Å². The molecular weight excluding hydrogens is 232 g/mol. The summed E-state index contributed by atoms with van der Waals surface area (Å²) in [5, 5.41) is 0.840. The fourth-order valence-electron chi connectivity index (χ4n) is 2.44. The van der Waals surface area contributed by atoms with Crippen molar-refractivity contribution in [2.24, 2.45) is 17.6 Å². The normalized spacial score (nSPS) is 22.6. The monoisotopic (exact) mass is 252 g/mol. The standard InChI is InChI=1S/C14H21ClN2/c1-10-8-12(10)9-17(2)14-11(6-7-16)4-3-5-13(14)15/h3-5,10,12H,6-9,16H2,1-2H3. The van der Waals surface area contributed by atoms with Crippen LogP contribution < -0.4 is 10.6 Å². The molecule has 1 saturated carbocycles. The van der Waals surface area contributed by atoms with Crippen molar-refractivity contribution in [3.05, 3.63) is 28.8 Å². The first-order chi connectivity index (χ1) is 8.13. The third kappa shape index (κ3) is 2.93. The van der Waals surface area contributed by atoms with Crippen LogP contribution in [0, 0.1) is 11.8 Å². The molecule has 2 N–H and O–H groups in total. The number of hydrogen-bond acceptors (Lipinski definition) is 2. The molecule has 1 aliphatic rings. The van der Waals surface area contributed by atoms with Gasteiger partial charge in [0, 0.05) is 13.6 Å². The summed E-state index contributed by atoms with van der Waals surface area (Å²) in [7, 11) is 2.13. The zero-order valence-corrected chi connectivity index (χ0v) is 11.4. The molecule has 2 atom stereocenters. The van der Waals surface area contributed by atoms with Gasteiger partial charge in [0.25, 0.3) is 0 Å². The van der Waals surface area contributed by atoms with E-state index in [0.29, 0.717) is 6.54 Å². The van der Waals surface area contributed by atoms with Crippen molar-refractivity contribution in [3.8, 4) is 0 Å². The molecule has 1 aromatic carbocycles. The molecule has 0 spiro atoms. The van der Waals surface area contributed by atoms with Gasteiger partial charge in [-0.15, -0.1) is 0 Å². The second kappa shape index (κ2) is 5.28. The Hall–Kier alpha value is -0.730. The van der Waals surface area contributed by atoms with Crippen LogP contribution in [0.25, 0.3) is 0 Å². The van der Waals surface area contributed by atoms with Crippen molar-refractivity contribution in [2.45, 2.75) is 19.8 Å². The highest BCUT2D eigenvalue weighted by Gasteiger charge is 2.33. The van der Waals surface area contributed by atoms with Gasteiger partial charge in [0.05, 0.1) is 10.7 Å². The summed E-state index contributed by atoms with van der Waals surface area (Å²) in [5.74, 6) is 1.71. The lowest BCUT2D eigenvalue weighted by Gasteiger charge is -2.24. The molecular formula is C14H21ClN2. The van der Waals surface area contributed by atoms with Crippen molar-refractivity contribution in [3.63, 3.8) is 0 Å². The van der Waals surface area contributed by atoms with Crippen LogP contribution in [0.5, 0.6) is 0 Å². The Labute approximate surface area is 109 Å². The summed E-state index contributed by atoms with van der Waals surface area (Å²) in [4.78, 5) is 2.29. The molecule has 0 heterocycles. The van der Waals surface area contributed by atoms with Crippen LogP contribution in [-0.2, 0) is 6.42 Å². The highest BCUT2D eigenvalue weighted by Crippen LogP contribution is 2.40. The molecule has 2 rings (SSSR count). The van der Waals surface area contributed by atoms with Gasteiger partial charge in [0.1, 0.15) is 0 Å². The fourth-order valence-corrected chi connectivity index (χ4v) is 2.78. The van der Waals surface area contributed by atoms with E-state index in [9.17, 15) is 0 Å². The van der Waals surface area contributed by atoms with Crippen LogP contribution in [0.3, 0.4) is 0 Å². The molecule has 17 heavy (non-hydrogen) atoms. The van der Waals surface area contributed by atoms with Gasteiger partial charge in [-0.1, -0.05) is 30.7 Å². The predicted molar refractivity (Wildman–Crippen MR) is 74.8 cm³/mol. The van der Waals surface area contributed by atoms with E-state index in [-0.39, 0.29) is 0 Å². The molecule has 1 aromatic rings. The second-order valence-electron chi connectivity index (χ2n) is 5.14. The Kier molecular flexibility index (Phi) is 3.95. The summed E-state index contributed by atoms with van der Waals surface area (Å²) in [6, 6.07) is 6.09. The molecule has 0 bridgehead atoms. The van der Waals surface area contributed by atoms with Crippen molar-refractivity contribution in [1.29, 1.82) is 0 Å². The third-order valence-corrected chi connectivity index (χ3v) is 3.96. The number of para-hydroxylation sites is 1. The SMILES string of the molecule is CC1CC1CN(C)c1c(Cl)cccc1CCN. The van der Waals surface area contributed by atoms with E-state index in [2.05, 4.69) is 24.9 Å². The Morgan fingerprint density at radius 1 is 1.47 bits per heavy atom. The summed E-state index contributed by atoms with van der Waals surface area (Å²) in [5.41, 5.74) is 8.08. The quantitative estimate of drug-likeness (QED) is 0.873. The average Bonchev–Trinajstić information content (AvgIpc) is 2.94. The number of anilines is 1. The van der Waals surface area contributed by atoms with Crippen LogP contribution in [-0.4, -0.2) is 20.1 Å². The van der Waals surface area contributed by atoms with Crippen molar-refractivity contribution in [1.82, 2.24) is 0 Å². The first-order valence-corrected chi connectivity index (χ1v) is 6.70. The lowest BCUT2D eigenvalue weighted by atomic mass is 10.1. The molecule has 1 fully saturated rings. The highest BCUT2D eigenvalue weighted by molar-refractivity contribution is 6.33. The Balaban J connectivity index is 2.16. The minimum atomic E-state index is 0.668. The first kappa shape index (κ1) is 12.7. The Morgan fingerprint density at radius 3 is 2.76 bits per heavy atom. The smallest absolute Gasteiger partial charge is 0.0642 e. The average molecular weight is 253 g/mol. The second-order valence-corrected chi connectivity index (χ2v) is 5.55. The van der Waals surface area contributed by atoms with Crippen LogP contribution in [0.1, 0.15) is 18.9 Å². The van der Waals surface area contributed by atoms with Gasteiger partial charge < -0.3 is 10.6 Å².